The highest BCUT2D eigenvalue weighted by Gasteiger charge is 2.53. The minimum atomic E-state index is -0.534. The van der Waals surface area contributed by atoms with E-state index in [0.29, 0.717) is 18.9 Å². The summed E-state index contributed by atoms with van der Waals surface area (Å²) in [6.07, 6.45) is 3.81. The van der Waals surface area contributed by atoms with Crippen molar-refractivity contribution in [3.05, 3.63) is 35.9 Å². The minimum absolute atomic E-state index is 0.0115. The minimum Gasteiger partial charge on any atom is -0.341 e. The molecule has 0 aromatic heterocycles. The largest absolute Gasteiger partial charge is 0.341 e. The van der Waals surface area contributed by atoms with Gasteiger partial charge in [-0.05, 0) is 36.7 Å². The number of rotatable bonds is 3. The summed E-state index contributed by atoms with van der Waals surface area (Å²) >= 11 is 0. The van der Waals surface area contributed by atoms with Crippen LogP contribution in [0.25, 0.3) is 0 Å². The number of hydroxylamine groups is 1. The van der Waals surface area contributed by atoms with Crippen molar-refractivity contribution in [3.63, 3.8) is 0 Å². The fourth-order valence-electron chi connectivity index (χ4n) is 4.42. The van der Waals surface area contributed by atoms with Crippen molar-refractivity contribution < 1.29 is 14.8 Å². The Bertz CT molecular complexity index is 659. The van der Waals surface area contributed by atoms with Crippen LogP contribution in [0.4, 0.5) is 0 Å². The second-order valence-corrected chi connectivity index (χ2v) is 7.83. The summed E-state index contributed by atoms with van der Waals surface area (Å²) < 4.78 is 0. The first kappa shape index (κ1) is 16.5. The van der Waals surface area contributed by atoms with E-state index in [1.54, 1.807) is 5.48 Å². The average Bonchev–Trinajstić information content (AvgIpc) is 3.22. The lowest BCUT2D eigenvalue weighted by Gasteiger charge is -2.37. The van der Waals surface area contributed by atoms with Gasteiger partial charge in [0.1, 0.15) is 0 Å². The van der Waals surface area contributed by atoms with Gasteiger partial charge in [0.2, 0.25) is 11.8 Å². The molecule has 3 atom stereocenters. The first-order chi connectivity index (χ1) is 12.1. The maximum absolute atomic E-state index is 13.0. The SMILES string of the molecule is O=C(NO)C1CC2(CC2)CNC1C(=O)N1CC[C@H](c2ccccc2)C1. The van der Waals surface area contributed by atoms with Crippen LogP contribution in [0.15, 0.2) is 30.3 Å². The third-order valence-corrected chi connectivity index (χ3v) is 6.19. The third kappa shape index (κ3) is 3.16. The zero-order chi connectivity index (χ0) is 17.4. The number of hydrogen-bond acceptors (Lipinski definition) is 4. The van der Waals surface area contributed by atoms with E-state index in [2.05, 4.69) is 17.4 Å². The maximum Gasteiger partial charge on any atom is 0.248 e. The predicted molar refractivity (Wildman–Crippen MR) is 91.9 cm³/mol. The van der Waals surface area contributed by atoms with Gasteiger partial charge in [-0.3, -0.25) is 14.8 Å². The number of carbonyl (C=O) groups is 2. The van der Waals surface area contributed by atoms with Crippen LogP contribution in [0.5, 0.6) is 0 Å². The third-order valence-electron chi connectivity index (χ3n) is 6.19. The molecule has 1 aromatic rings. The lowest BCUT2D eigenvalue weighted by Crippen LogP contribution is -2.58. The molecular weight excluding hydrogens is 318 g/mol. The molecule has 3 N–H and O–H groups in total. The second kappa shape index (κ2) is 6.42. The summed E-state index contributed by atoms with van der Waals surface area (Å²) in [5.74, 6) is -0.601. The second-order valence-electron chi connectivity index (χ2n) is 7.83. The summed E-state index contributed by atoms with van der Waals surface area (Å²) in [7, 11) is 0. The number of piperidine rings is 1. The van der Waals surface area contributed by atoms with Crippen molar-refractivity contribution in [1.82, 2.24) is 15.7 Å². The van der Waals surface area contributed by atoms with Crippen LogP contribution < -0.4 is 10.8 Å². The number of nitrogens with one attached hydrogen (secondary N) is 2. The molecule has 1 aromatic carbocycles. The molecule has 2 unspecified atom stereocenters. The van der Waals surface area contributed by atoms with E-state index in [-0.39, 0.29) is 11.3 Å². The fraction of sp³-hybridized carbons (Fsp3) is 0.579. The predicted octanol–water partition coefficient (Wildman–Crippen LogP) is 1.27. The molecule has 2 amide bonds. The van der Waals surface area contributed by atoms with Crippen LogP contribution >= 0.6 is 0 Å². The summed E-state index contributed by atoms with van der Waals surface area (Å²) in [6.45, 7) is 2.20. The lowest BCUT2D eigenvalue weighted by atomic mass is 9.81. The summed E-state index contributed by atoms with van der Waals surface area (Å²) in [4.78, 5) is 27.0. The molecule has 4 rings (SSSR count). The van der Waals surface area contributed by atoms with Gasteiger partial charge in [0.05, 0.1) is 12.0 Å². The summed E-state index contributed by atoms with van der Waals surface area (Å²) in [5, 5.41) is 12.4. The molecule has 3 aliphatic rings. The van der Waals surface area contributed by atoms with Gasteiger partial charge in [-0.2, -0.15) is 0 Å². The molecule has 1 saturated carbocycles. The maximum atomic E-state index is 13.0. The Kier molecular flexibility index (Phi) is 4.25. The highest BCUT2D eigenvalue weighted by Crippen LogP contribution is 2.52. The molecule has 1 spiro atoms. The zero-order valence-electron chi connectivity index (χ0n) is 14.3. The van der Waals surface area contributed by atoms with Crippen LogP contribution in [-0.2, 0) is 9.59 Å². The van der Waals surface area contributed by atoms with Gasteiger partial charge in [-0.25, -0.2) is 5.48 Å². The van der Waals surface area contributed by atoms with Crippen LogP contribution in [0.3, 0.4) is 0 Å². The normalized spacial score (nSPS) is 30.3. The molecule has 0 bridgehead atoms. The number of hydrogen-bond donors (Lipinski definition) is 3. The van der Waals surface area contributed by atoms with E-state index in [9.17, 15) is 9.59 Å². The fourth-order valence-corrected chi connectivity index (χ4v) is 4.42. The van der Waals surface area contributed by atoms with Crippen molar-refractivity contribution in [2.75, 3.05) is 19.6 Å². The van der Waals surface area contributed by atoms with Gasteiger partial charge in [0.15, 0.2) is 0 Å². The Morgan fingerprint density at radius 3 is 2.68 bits per heavy atom. The summed E-state index contributed by atoms with van der Waals surface area (Å²) in [6, 6.07) is 9.73. The molecule has 0 radical (unpaired) electrons. The number of carbonyl (C=O) groups excluding carboxylic acids is 2. The molecule has 6 nitrogen and oxygen atoms in total. The summed E-state index contributed by atoms with van der Waals surface area (Å²) in [5.41, 5.74) is 3.18. The van der Waals surface area contributed by atoms with Gasteiger partial charge in [-0.1, -0.05) is 30.3 Å². The first-order valence-corrected chi connectivity index (χ1v) is 9.13. The van der Waals surface area contributed by atoms with Crippen LogP contribution in [0.1, 0.15) is 37.2 Å². The van der Waals surface area contributed by atoms with Gasteiger partial charge < -0.3 is 10.2 Å². The molecule has 6 heteroatoms. The van der Waals surface area contributed by atoms with E-state index < -0.39 is 17.9 Å². The highest BCUT2D eigenvalue weighted by molar-refractivity contribution is 5.90. The molecule has 134 valence electrons. The van der Waals surface area contributed by atoms with Crippen LogP contribution in [0, 0.1) is 11.3 Å². The lowest BCUT2D eigenvalue weighted by molar-refractivity contribution is -0.144. The topological polar surface area (TPSA) is 81.7 Å². The van der Waals surface area contributed by atoms with Crippen molar-refractivity contribution in [2.45, 2.75) is 37.6 Å². The molecule has 1 aliphatic carbocycles. The molecule has 25 heavy (non-hydrogen) atoms. The zero-order valence-corrected chi connectivity index (χ0v) is 14.3. The first-order valence-electron chi connectivity index (χ1n) is 9.13. The Hall–Kier alpha value is -1.92. The van der Waals surface area contributed by atoms with E-state index in [1.165, 1.54) is 5.56 Å². The average molecular weight is 343 g/mol. The molecule has 2 saturated heterocycles. The number of amides is 2. The van der Waals surface area contributed by atoms with Crippen molar-refractivity contribution >= 4 is 11.8 Å². The number of benzene rings is 1. The highest BCUT2D eigenvalue weighted by atomic mass is 16.5. The van der Waals surface area contributed by atoms with Gasteiger partial charge >= 0.3 is 0 Å². The van der Waals surface area contributed by atoms with E-state index in [4.69, 9.17) is 5.21 Å². The molecule has 2 heterocycles. The van der Waals surface area contributed by atoms with E-state index in [1.807, 2.05) is 23.1 Å². The Balaban J connectivity index is 1.45. The number of likely N-dealkylation sites (tertiary alicyclic amines) is 1. The standard InChI is InChI=1S/C19H25N3O3/c23-17(21-25)15-10-19(7-8-19)12-20-16(15)18(24)22-9-6-14(11-22)13-4-2-1-3-5-13/h1-5,14-16,20,25H,6-12H2,(H,21,23)/t14-,15?,16?/m0/s1. The smallest absolute Gasteiger partial charge is 0.248 e. The van der Waals surface area contributed by atoms with Crippen LogP contribution in [-0.4, -0.2) is 47.6 Å². The molecule has 3 fully saturated rings. The van der Waals surface area contributed by atoms with Gasteiger partial charge in [-0.15, -0.1) is 0 Å². The molecule has 2 aliphatic heterocycles. The van der Waals surface area contributed by atoms with Gasteiger partial charge in [0.25, 0.3) is 0 Å². The number of nitrogens with zero attached hydrogens (tertiary/aromatic N) is 1. The quantitative estimate of drug-likeness (QED) is 0.570. The Morgan fingerprint density at radius 2 is 2.00 bits per heavy atom. The van der Waals surface area contributed by atoms with E-state index in [0.717, 1.165) is 32.4 Å². The van der Waals surface area contributed by atoms with Gasteiger partial charge in [0, 0.05) is 25.6 Å². The molecular formula is C19H25N3O3. The Labute approximate surface area is 147 Å². The van der Waals surface area contributed by atoms with Crippen molar-refractivity contribution in [3.8, 4) is 0 Å². The van der Waals surface area contributed by atoms with Crippen molar-refractivity contribution in [1.29, 1.82) is 0 Å². The van der Waals surface area contributed by atoms with E-state index >= 15 is 0 Å². The van der Waals surface area contributed by atoms with Crippen LogP contribution in [0.2, 0.25) is 0 Å². The monoisotopic (exact) mass is 343 g/mol. The Morgan fingerprint density at radius 1 is 1.24 bits per heavy atom. The van der Waals surface area contributed by atoms with Crippen molar-refractivity contribution in [2.24, 2.45) is 11.3 Å².